The Bertz CT molecular complexity index is 1570. The van der Waals surface area contributed by atoms with Crippen molar-refractivity contribution < 1.29 is 22.4 Å². The molecule has 37 heavy (non-hydrogen) atoms. The Hall–Kier alpha value is -4.39. The maximum Gasteiger partial charge on any atom is 0.243 e. The lowest BCUT2D eigenvalue weighted by molar-refractivity contribution is -0.114. The number of piperidine rings is 1. The summed E-state index contributed by atoms with van der Waals surface area (Å²) < 4.78 is 42.6. The third kappa shape index (κ3) is 5.89. The first-order valence-corrected chi connectivity index (χ1v) is 12.7. The minimum absolute atomic E-state index is 0.0149. The summed E-state index contributed by atoms with van der Waals surface area (Å²) in [5, 5.41) is 11.6. The van der Waals surface area contributed by atoms with Gasteiger partial charge in [-0.3, -0.25) is 9.59 Å². The fourth-order valence-corrected chi connectivity index (χ4v) is 5.27. The molecule has 1 amide bonds. The van der Waals surface area contributed by atoms with Gasteiger partial charge < -0.3 is 5.32 Å². The summed E-state index contributed by atoms with van der Waals surface area (Å²) in [7, 11) is -4.05. The third-order valence-electron chi connectivity index (χ3n) is 5.70. The van der Waals surface area contributed by atoms with Crippen molar-refractivity contribution in [3.05, 3.63) is 106 Å². The Kier molecular flexibility index (Phi) is 7.43. The minimum atomic E-state index is -4.05. The van der Waals surface area contributed by atoms with E-state index in [0.717, 1.165) is 4.31 Å². The monoisotopic (exact) mass is 515 g/mol. The summed E-state index contributed by atoms with van der Waals surface area (Å²) in [6.07, 6.45) is 2.94. The van der Waals surface area contributed by atoms with Crippen LogP contribution in [0.4, 0.5) is 10.1 Å². The van der Waals surface area contributed by atoms with E-state index in [9.17, 15) is 22.4 Å². The summed E-state index contributed by atoms with van der Waals surface area (Å²) in [4.78, 5) is 24.6. The third-order valence-corrected chi connectivity index (χ3v) is 7.51. The highest BCUT2D eigenvalue weighted by atomic mass is 32.2. The van der Waals surface area contributed by atoms with Crippen molar-refractivity contribution in [1.29, 1.82) is 5.26 Å². The molecular weight excluding hydrogens is 493 g/mol. The number of Topliss-reactive ketones (excluding diaryl/α,β-unsaturated/α-hetero) is 1. The fraction of sp³-hybridized carbons (Fsp3) is 0.107. The smallest absolute Gasteiger partial charge is 0.243 e. The number of benzene rings is 3. The molecule has 1 saturated heterocycles. The van der Waals surface area contributed by atoms with Crippen LogP contribution in [0, 0.1) is 17.1 Å². The van der Waals surface area contributed by atoms with E-state index in [4.69, 9.17) is 5.26 Å². The number of halogens is 1. The van der Waals surface area contributed by atoms with Gasteiger partial charge in [0.15, 0.2) is 5.78 Å². The van der Waals surface area contributed by atoms with Crippen molar-refractivity contribution >= 4 is 39.6 Å². The molecule has 1 heterocycles. The molecule has 0 aliphatic carbocycles. The largest absolute Gasteiger partial charge is 0.326 e. The molecule has 1 aliphatic rings. The van der Waals surface area contributed by atoms with E-state index in [1.165, 1.54) is 55.5 Å². The number of ketones is 1. The van der Waals surface area contributed by atoms with Gasteiger partial charge >= 0.3 is 0 Å². The van der Waals surface area contributed by atoms with Crippen molar-refractivity contribution in [3.63, 3.8) is 0 Å². The van der Waals surface area contributed by atoms with Crippen LogP contribution >= 0.6 is 0 Å². The quantitative estimate of drug-likeness (QED) is 0.507. The number of carbonyl (C=O) groups excluding carboxylic acids is 2. The first-order valence-electron chi connectivity index (χ1n) is 11.3. The molecule has 4 rings (SSSR count). The van der Waals surface area contributed by atoms with E-state index >= 15 is 0 Å². The predicted molar refractivity (Wildman–Crippen MR) is 138 cm³/mol. The summed E-state index contributed by atoms with van der Waals surface area (Å²) in [5.41, 5.74) is 2.01. The van der Waals surface area contributed by atoms with E-state index in [1.807, 2.05) is 6.07 Å². The number of hydrogen-bond acceptors (Lipinski definition) is 5. The number of nitrogens with one attached hydrogen (secondary N) is 1. The Morgan fingerprint density at radius 3 is 2.19 bits per heavy atom. The van der Waals surface area contributed by atoms with Crippen molar-refractivity contribution in [2.24, 2.45) is 0 Å². The molecule has 1 aliphatic heterocycles. The van der Waals surface area contributed by atoms with Gasteiger partial charge in [-0.25, -0.2) is 12.8 Å². The number of carbonyl (C=O) groups is 2. The van der Waals surface area contributed by atoms with Crippen molar-refractivity contribution in [1.82, 2.24) is 4.31 Å². The molecule has 7 nitrogen and oxygen atoms in total. The number of rotatable bonds is 5. The normalized spacial score (nSPS) is 16.5. The van der Waals surface area contributed by atoms with Gasteiger partial charge in [-0.2, -0.15) is 9.57 Å². The number of anilines is 1. The van der Waals surface area contributed by atoms with Crippen LogP contribution in [0.25, 0.3) is 12.2 Å². The Morgan fingerprint density at radius 2 is 1.59 bits per heavy atom. The lowest BCUT2D eigenvalue weighted by Crippen LogP contribution is -2.41. The summed E-state index contributed by atoms with van der Waals surface area (Å²) in [6.45, 7) is 0.914. The zero-order valence-electron chi connectivity index (χ0n) is 19.8. The summed E-state index contributed by atoms with van der Waals surface area (Å²) >= 11 is 0. The van der Waals surface area contributed by atoms with Gasteiger partial charge in [-0.05, 0) is 60.2 Å². The molecule has 0 radical (unpaired) electrons. The zero-order valence-corrected chi connectivity index (χ0v) is 20.6. The van der Waals surface area contributed by atoms with Crippen LogP contribution in [0.15, 0.2) is 88.8 Å². The molecule has 0 aromatic heterocycles. The van der Waals surface area contributed by atoms with Gasteiger partial charge in [0, 0.05) is 42.4 Å². The fourth-order valence-electron chi connectivity index (χ4n) is 3.88. The molecule has 186 valence electrons. The van der Waals surface area contributed by atoms with Gasteiger partial charge in [-0.1, -0.05) is 30.3 Å². The highest BCUT2D eigenvalue weighted by molar-refractivity contribution is 7.89. The first-order chi connectivity index (χ1) is 17.7. The number of hydrogen-bond donors (Lipinski definition) is 1. The summed E-state index contributed by atoms with van der Waals surface area (Å²) in [6, 6.07) is 20.2. The van der Waals surface area contributed by atoms with Crippen LogP contribution in [0.2, 0.25) is 0 Å². The average molecular weight is 516 g/mol. The van der Waals surface area contributed by atoms with E-state index in [1.54, 1.807) is 36.4 Å². The average Bonchev–Trinajstić information content (AvgIpc) is 2.88. The highest BCUT2D eigenvalue weighted by Gasteiger charge is 2.34. The molecule has 0 unspecified atom stereocenters. The number of nitrogens with zero attached hydrogens (tertiary/aromatic N) is 2. The van der Waals surface area contributed by atoms with E-state index < -0.39 is 15.8 Å². The SMILES string of the molecule is CC(=O)Nc1ccc(S(=O)(=O)N2CC(=Cc3ccc(C#N)cc3)C(=O)C(=Cc3ccccc3F)C2)cc1. The number of nitriles is 1. The van der Waals surface area contributed by atoms with E-state index in [2.05, 4.69) is 5.32 Å². The Morgan fingerprint density at radius 1 is 0.973 bits per heavy atom. The zero-order chi connectivity index (χ0) is 26.6. The van der Waals surface area contributed by atoms with Crippen LogP contribution in [-0.4, -0.2) is 37.5 Å². The topological polar surface area (TPSA) is 107 Å². The molecule has 0 saturated carbocycles. The lowest BCUT2D eigenvalue weighted by atomic mass is 9.95. The molecule has 9 heteroatoms. The molecule has 3 aromatic carbocycles. The second-order valence-electron chi connectivity index (χ2n) is 8.40. The first kappa shape index (κ1) is 25.7. The standard InChI is InChI=1S/C28H22FN3O4S/c1-19(33)31-25-10-12-26(13-11-25)37(35,36)32-17-23(14-20-6-8-21(16-30)9-7-20)28(34)24(18-32)15-22-4-2-3-5-27(22)29/h2-15H,17-18H2,1H3,(H,31,33). The van der Waals surface area contributed by atoms with Gasteiger partial charge in [-0.15, -0.1) is 0 Å². The van der Waals surface area contributed by atoms with Gasteiger partial charge in [0.1, 0.15) is 5.82 Å². The molecule has 0 spiro atoms. The summed E-state index contributed by atoms with van der Waals surface area (Å²) in [5.74, 6) is -1.21. The molecule has 1 N–H and O–H groups in total. The van der Waals surface area contributed by atoms with E-state index in [0.29, 0.717) is 16.8 Å². The molecule has 0 bridgehead atoms. The highest BCUT2D eigenvalue weighted by Crippen LogP contribution is 2.28. The van der Waals surface area contributed by atoms with Crippen LogP contribution in [0.1, 0.15) is 23.6 Å². The predicted octanol–water partition coefficient (Wildman–Crippen LogP) is 4.40. The minimum Gasteiger partial charge on any atom is -0.326 e. The van der Waals surface area contributed by atoms with Crippen LogP contribution in [-0.2, 0) is 19.6 Å². The maximum atomic E-state index is 14.4. The van der Waals surface area contributed by atoms with Gasteiger partial charge in [0.25, 0.3) is 0 Å². The van der Waals surface area contributed by atoms with Crippen molar-refractivity contribution in [2.75, 3.05) is 18.4 Å². The molecule has 3 aromatic rings. The lowest BCUT2D eigenvalue weighted by Gasteiger charge is -2.29. The van der Waals surface area contributed by atoms with Crippen molar-refractivity contribution in [3.8, 4) is 6.07 Å². The van der Waals surface area contributed by atoms with E-state index in [-0.39, 0.29) is 46.4 Å². The van der Waals surface area contributed by atoms with Crippen molar-refractivity contribution in [2.45, 2.75) is 11.8 Å². The van der Waals surface area contributed by atoms with Gasteiger partial charge in [0.2, 0.25) is 15.9 Å². The van der Waals surface area contributed by atoms with Crippen LogP contribution in [0.3, 0.4) is 0 Å². The molecule has 1 fully saturated rings. The second-order valence-corrected chi connectivity index (χ2v) is 10.3. The van der Waals surface area contributed by atoms with Gasteiger partial charge in [0.05, 0.1) is 16.5 Å². The second kappa shape index (κ2) is 10.7. The van der Waals surface area contributed by atoms with Crippen LogP contribution in [0.5, 0.6) is 0 Å². The Labute approximate surface area is 214 Å². The number of sulfonamides is 1. The Balaban J connectivity index is 1.75. The number of amides is 1. The maximum absolute atomic E-state index is 14.4. The van der Waals surface area contributed by atoms with Crippen LogP contribution < -0.4 is 5.32 Å². The molecular formula is C28H22FN3O4S. The molecule has 0 atom stereocenters.